The van der Waals surface area contributed by atoms with Gasteiger partial charge in [-0.15, -0.1) is 0 Å². The number of nitriles is 1. The van der Waals surface area contributed by atoms with Crippen LogP contribution in [-0.4, -0.2) is 0 Å². The molecule has 0 radical (unpaired) electrons. The van der Waals surface area contributed by atoms with Crippen molar-refractivity contribution >= 4 is 0 Å². The van der Waals surface area contributed by atoms with Crippen LogP contribution in [0, 0.1) is 17.2 Å². The lowest BCUT2D eigenvalue weighted by Crippen LogP contribution is -2.29. The van der Waals surface area contributed by atoms with Crippen LogP contribution < -0.4 is 5.32 Å². The zero-order chi connectivity index (χ0) is 15.6. The number of hydrogen-bond donors (Lipinski definition) is 1. The highest BCUT2D eigenvalue weighted by Crippen LogP contribution is 2.48. The van der Waals surface area contributed by atoms with E-state index in [1.54, 1.807) is 0 Å². The minimum atomic E-state index is -0.299. The molecule has 0 bridgehead atoms. The van der Waals surface area contributed by atoms with E-state index in [4.69, 9.17) is 0 Å². The van der Waals surface area contributed by atoms with Gasteiger partial charge >= 0.3 is 0 Å². The molecule has 2 aromatic carbocycles. The van der Waals surface area contributed by atoms with E-state index in [0.29, 0.717) is 11.8 Å². The molecule has 0 spiro atoms. The number of allylic oxidation sites excluding steroid dienone is 3. The normalized spacial score (nSPS) is 25.4. The maximum absolute atomic E-state index is 9.64. The second-order valence-corrected chi connectivity index (χ2v) is 6.12. The van der Waals surface area contributed by atoms with Crippen LogP contribution in [0.2, 0.25) is 0 Å². The highest BCUT2D eigenvalue weighted by atomic mass is 15.0. The van der Waals surface area contributed by atoms with E-state index in [1.165, 1.54) is 11.1 Å². The third-order valence-electron chi connectivity index (χ3n) is 4.86. The van der Waals surface area contributed by atoms with Crippen molar-refractivity contribution in [2.45, 2.75) is 18.0 Å². The molecule has 2 aliphatic rings. The number of benzene rings is 2. The molecule has 23 heavy (non-hydrogen) atoms. The average molecular weight is 298 g/mol. The van der Waals surface area contributed by atoms with E-state index in [2.05, 4.69) is 60.0 Å². The zero-order valence-electron chi connectivity index (χ0n) is 12.8. The first-order valence-electron chi connectivity index (χ1n) is 8.03. The first kappa shape index (κ1) is 14.0. The average Bonchev–Trinajstić information content (AvgIpc) is 2.94. The van der Waals surface area contributed by atoms with Crippen LogP contribution in [0.25, 0.3) is 0 Å². The Hall–Kier alpha value is -2.63. The molecule has 0 heterocycles. The number of nitrogens with one attached hydrogen (secondary N) is 1. The van der Waals surface area contributed by atoms with Crippen molar-refractivity contribution in [2.24, 2.45) is 5.92 Å². The molecule has 1 N–H and O–H groups in total. The summed E-state index contributed by atoms with van der Waals surface area (Å²) in [5, 5.41) is 13.2. The van der Waals surface area contributed by atoms with Crippen LogP contribution in [0.4, 0.5) is 0 Å². The molecule has 0 aromatic heterocycles. The van der Waals surface area contributed by atoms with Gasteiger partial charge in [0.25, 0.3) is 0 Å². The standard InChI is InChI=1S/C21H18N2/c22-14-20(15-8-2-1-3-9-15)23-21-18-12-6-4-10-16(18)17-11-5-7-13-19(17)21/h1-13,16,18,20-21,23H. The van der Waals surface area contributed by atoms with Gasteiger partial charge in [0, 0.05) is 17.9 Å². The van der Waals surface area contributed by atoms with Crippen molar-refractivity contribution in [3.63, 3.8) is 0 Å². The fraction of sp³-hybridized carbons (Fsp3) is 0.190. The second-order valence-electron chi connectivity index (χ2n) is 6.12. The molecule has 0 amide bonds. The van der Waals surface area contributed by atoms with E-state index in [9.17, 15) is 5.26 Å². The predicted octanol–water partition coefficient (Wildman–Crippen LogP) is 4.42. The molecule has 2 nitrogen and oxygen atoms in total. The molecule has 0 saturated carbocycles. The van der Waals surface area contributed by atoms with Crippen molar-refractivity contribution < 1.29 is 0 Å². The highest BCUT2D eigenvalue weighted by Gasteiger charge is 2.39. The maximum atomic E-state index is 9.64. The lowest BCUT2D eigenvalue weighted by molar-refractivity contribution is 0.409. The Morgan fingerprint density at radius 2 is 1.57 bits per heavy atom. The molecule has 0 fully saturated rings. The van der Waals surface area contributed by atoms with Crippen molar-refractivity contribution in [1.82, 2.24) is 5.32 Å². The molecule has 2 heteroatoms. The fourth-order valence-electron chi connectivity index (χ4n) is 3.79. The van der Waals surface area contributed by atoms with E-state index >= 15 is 0 Å². The molecular weight excluding hydrogens is 280 g/mol. The maximum Gasteiger partial charge on any atom is 0.121 e. The molecule has 2 aromatic rings. The summed E-state index contributed by atoms with van der Waals surface area (Å²) in [7, 11) is 0. The summed E-state index contributed by atoms with van der Waals surface area (Å²) in [6.07, 6.45) is 8.78. The monoisotopic (exact) mass is 298 g/mol. The number of nitrogens with zero attached hydrogens (tertiary/aromatic N) is 1. The lowest BCUT2D eigenvalue weighted by Gasteiger charge is -2.26. The fourth-order valence-corrected chi connectivity index (χ4v) is 3.79. The summed E-state index contributed by atoms with van der Waals surface area (Å²) < 4.78 is 0. The Morgan fingerprint density at radius 1 is 0.870 bits per heavy atom. The molecule has 0 saturated heterocycles. The summed E-state index contributed by atoms with van der Waals surface area (Å²) >= 11 is 0. The topological polar surface area (TPSA) is 35.8 Å². The Bertz CT molecular complexity index is 798. The van der Waals surface area contributed by atoms with E-state index in [0.717, 1.165) is 5.56 Å². The van der Waals surface area contributed by atoms with Crippen molar-refractivity contribution in [3.05, 3.63) is 95.6 Å². The molecule has 0 aliphatic heterocycles. The number of fused-ring (bicyclic) bond motifs is 3. The molecule has 2 aliphatic carbocycles. The third kappa shape index (κ3) is 2.40. The van der Waals surface area contributed by atoms with Crippen molar-refractivity contribution in [3.8, 4) is 6.07 Å². The molecule has 4 rings (SSSR count). The highest BCUT2D eigenvalue weighted by molar-refractivity contribution is 5.46. The van der Waals surface area contributed by atoms with Crippen molar-refractivity contribution in [2.75, 3.05) is 0 Å². The van der Waals surface area contributed by atoms with Crippen LogP contribution in [0.5, 0.6) is 0 Å². The first-order chi connectivity index (χ1) is 11.4. The molecule has 4 atom stereocenters. The SMILES string of the molecule is N#CC(NC1c2ccccc2C2C=CC=CC21)c1ccccc1. The van der Waals surface area contributed by atoms with E-state index in [-0.39, 0.29) is 12.1 Å². The quantitative estimate of drug-likeness (QED) is 0.910. The van der Waals surface area contributed by atoms with Gasteiger partial charge in [0.1, 0.15) is 6.04 Å². The van der Waals surface area contributed by atoms with Crippen LogP contribution in [0.3, 0.4) is 0 Å². The Balaban J connectivity index is 1.69. The lowest BCUT2D eigenvalue weighted by atomic mass is 9.87. The Labute approximate surface area is 136 Å². The Morgan fingerprint density at radius 3 is 2.35 bits per heavy atom. The smallest absolute Gasteiger partial charge is 0.121 e. The van der Waals surface area contributed by atoms with Gasteiger partial charge < -0.3 is 0 Å². The van der Waals surface area contributed by atoms with Gasteiger partial charge in [0.15, 0.2) is 0 Å². The summed E-state index contributed by atoms with van der Waals surface area (Å²) in [5.74, 6) is 0.778. The van der Waals surface area contributed by atoms with Gasteiger partial charge in [-0.1, -0.05) is 78.9 Å². The van der Waals surface area contributed by atoms with E-state index in [1.807, 2.05) is 30.3 Å². The van der Waals surface area contributed by atoms with Crippen LogP contribution in [-0.2, 0) is 0 Å². The molecule has 112 valence electrons. The zero-order valence-corrected chi connectivity index (χ0v) is 12.8. The Kier molecular flexibility index (Phi) is 3.57. The minimum absolute atomic E-state index is 0.169. The van der Waals surface area contributed by atoms with Gasteiger partial charge in [-0.2, -0.15) is 5.26 Å². The minimum Gasteiger partial charge on any atom is -0.291 e. The second kappa shape index (κ2) is 5.87. The summed E-state index contributed by atoms with van der Waals surface area (Å²) in [6, 6.07) is 20.8. The van der Waals surface area contributed by atoms with E-state index < -0.39 is 0 Å². The number of hydrogen-bond acceptors (Lipinski definition) is 2. The third-order valence-corrected chi connectivity index (χ3v) is 4.86. The van der Waals surface area contributed by atoms with Gasteiger partial charge in [0.05, 0.1) is 6.07 Å². The van der Waals surface area contributed by atoms with Gasteiger partial charge in [-0.25, -0.2) is 0 Å². The van der Waals surface area contributed by atoms with Crippen LogP contribution >= 0.6 is 0 Å². The summed E-state index contributed by atoms with van der Waals surface area (Å²) in [6.45, 7) is 0. The van der Waals surface area contributed by atoms with Gasteiger partial charge in [-0.05, 0) is 16.7 Å². The van der Waals surface area contributed by atoms with Crippen LogP contribution in [0.1, 0.15) is 34.7 Å². The first-order valence-corrected chi connectivity index (χ1v) is 8.03. The largest absolute Gasteiger partial charge is 0.291 e. The molecule has 4 unspecified atom stereocenters. The van der Waals surface area contributed by atoms with Gasteiger partial charge in [-0.3, -0.25) is 5.32 Å². The molecular formula is C21H18N2. The number of rotatable bonds is 3. The van der Waals surface area contributed by atoms with Crippen LogP contribution in [0.15, 0.2) is 78.9 Å². The van der Waals surface area contributed by atoms with Crippen molar-refractivity contribution in [1.29, 1.82) is 5.26 Å². The predicted molar refractivity (Wildman–Crippen MR) is 91.6 cm³/mol. The summed E-state index contributed by atoms with van der Waals surface area (Å²) in [5.41, 5.74) is 3.71. The summed E-state index contributed by atoms with van der Waals surface area (Å²) in [4.78, 5) is 0. The van der Waals surface area contributed by atoms with Gasteiger partial charge in [0.2, 0.25) is 0 Å².